The first kappa shape index (κ1) is 16.1. The highest BCUT2D eigenvalue weighted by molar-refractivity contribution is 5.28. The lowest BCUT2D eigenvalue weighted by Crippen LogP contribution is -2.42. The van der Waals surface area contributed by atoms with E-state index in [0.717, 1.165) is 19.4 Å². The largest absolute Gasteiger partial charge is 0.573 e. The Morgan fingerprint density at radius 2 is 1.86 bits per heavy atom. The number of alkyl halides is 4. The van der Waals surface area contributed by atoms with Crippen molar-refractivity contribution in [3.8, 4) is 5.75 Å². The molecule has 0 saturated carbocycles. The summed E-state index contributed by atoms with van der Waals surface area (Å²) in [6.07, 6.45) is -2.74. The summed E-state index contributed by atoms with van der Waals surface area (Å²) in [5.74, 6) is -0.358. The van der Waals surface area contributed by atoms with Crippen molar-refractivity contribution in [2.45, 2.75) is 38.2 Å². The van der Waals surface area contributed by atoms with Crippen molar-refractivity contribution in [2.75, 3.05) is 13.1 Å². The molecular weight excluding hydrogens is 286 g/mol. The molecule has 0 aromatic heterocycles. The van der Waals surface area contributed by atoms with Crippen LogP contribution in [0.15, 0.2) is 24.3 Å². The van der Waals surface area contributed by atoms with Gasteiger partial charge in [0.25, 0.3) is 0 Å². The quantitative estimate of drug-likeness (QED) is 0.853. The number of benzene rings is 1. The molecular formula is C15H19F4NO. The van der Waals surface area contributed by atoms with E-state index in [9.17, 15) is 17.6 Å². The van der Waals surface area contributed by atoms with Gasteiger partial charge in [0.2, 0.25) is 0 Å². The predicted octanol–water partition coefficient (Wildman–Crippen LogP) is 3.86. The van der Waals surface area contributed by atoms with Crippen LogP contribution in [0, 0.1) is 5.92 Å². The first-order valence-corrected chi connectivity index (χ1v) is 7.00. The van der Waals surface area contributed by atoms with E-state index in [1.165, 1.54) is 24.3 Å². The molecule has 1 aliphatic heterocycles. The van der Waals surface area contributed by atoms with Gasteiger partial charge in [-0.2, -0.15) is 0 Å². The Labute approximate surface area is 121 Å². The molecule has 2 unspecified atom stereocenters. The Morgan fingerprint density at radius 3 is 2.38 bits per heavy atom. The van der Waals surface area contributed by atoms with Crippen LogP contribution in [0.3, 0.4) is 0 Å². The van der Waals surface area contributed by atoms with E-state index in [2.05, 4.69) is 10.1 Å². The van der Waals surface area contributed by atoms with E-state index in [0.29, 0.717) is 12.1 Å². The molecule has 1 saturated heterocycles. The van der Waals surface area contributed by atoms with Crippen LogP contribution in [0.2, 0.25) is 0 Å². The number of ether oxygens (including phenoxy) is 1. The second kappa shape index (κ2) is 6.22. The lowest BCUT2D eigenvalue weighted by Gasteiger charge is -2.34. The van der Waals surface area contributed by atoms with Gasteiger partial charge in [-0.15, -0.1) is 13.2 Å². The number of piperidine rings is 1. The molecule has 2 nitrogen and oxygen atoms in total. The maximum absolute atomic E-state index is 14.8. The van der Waals surface area contributed by atoms with Crippen molar-refractivity contribution < 1.29 is 22.3 Å². The highest BCUT2D eigenvalue weighted by Crippen LogP contribution is 2.32. The summed E-state index contributed by atoms with van der Waals surface area (Å²) in [5, 5.41) is 3.18. The Bertz CT molecular complexity index is 450. The number of hydrogen-bond donors (Lipinski definition) is 1. The summed E-state index contributed by atoms with van der Waals surface area (Å²) < 4.78 is 54.8. The first-order valence-electron chi connectivity index (χ1n) is 7.00. The molecule has 0 amide bonds. The number of halogens is 4. The minimum atomic E-state index is -4.70. The molecule has 0 aliphatic carbocycles. The zero-order valence-corrected chi connectivity index (χ0v) is 11.8. The summed E-state index contributed by atoms with van der Waals surface area (Å²) in [6.45, 7) is 3.11. The maximum atomic E-state index is 14.8. The third kappa shape index (κ3) is 4.88. The topological polar surface area (TPSA) is 21.3 Å². The van der Waals surface area contributed by atoms with Crippen LogP contribution in [0.4, 0.5) is 17.6 Å². The average Bonchev–Trinajstić information content (AvgIpc) is 2.40. The summed E-state index contributed by atoms with van der Waals surface area (Å²) >= 11 is 0. The molecule has 2 rings (SSSR count). The van der Waals surface area contributed by atoms with Crippen LogP contribution in [0.5, 0.6) is 5.75 Å². The van der Waals surface area contributed by atoms with Crippen LogP contribution in [0.25, 0.3) is 0 Å². The fourth-order valence-electron chi connectivity index (χ4n) is 2.72. The molecule has 0 bridgehead atoms. The molecule has 1 heterocycles. The van der Waals surface area contributed by atoms with Gasteiger partial charge in [-0.1, -0.05) is 12.1 Å². The number of nitrogens with one attached hydrogen (secondary N) is 1. The fraction of sp³-hybridized carbons (Fsp3) is 0.600. The second-order valence-electron chi connectivity index (χ2n) is 5.69. The Kier molecular flexibility index (Phi) is 4.76. The highest BCUT2D eigenvalue weighted by atomic mass is 19.4. The van der Waals surface area contributed by atoms with E-state index < -0.39 is 12.0 Å². The molecule has 118 valence electrons. The molecule has 1 N–H and O–H groups in total. The lowest BCUT2D eigenvalue weighted by atomic mass is 9.81. The Balaban J connectivity index is 1.98. The summed E-state index contributed by atoms with van der Waals surface area (Å²) in [5.41, 5.74) is -0.708. The van der Waals surface area contributed by atoms with Gasteiger partial charge in [-0.3, -0.25) is 0 Å². The lowest BCUT2D eigenvalue weighted by molar-refractivity contribution is -0.274. The van der Waals surface area contributed by atoms with E-state index in [-0.39, 0.29) is 18.1 Å². The van der Waals surface area contributed by atoms with Gasteiger partial charge in [0.05, 0.1) is 0 Å². The fourth-order valence-corrected chi connectivity index (χ4v) is 2.72. The maximum Gasteiger partial charge on any atom is 0.573 e. The molecule has 0 radical (unpaired) electrons. The molecule has 0 spiro atoms. The standard InChI is InChI=1S/C15H19F4NO/c1-14(16,12-3-2-8-20-10-12)9-11-4-6-13(7-5-11)21-15(17,18)19/h4-7,12,20H,2-3,8-10H2,1H3. The van der Waals surface area contributed by atoms with Gasteiger partial charge in [0.1, 0.15) is 11.4 Å². The third-order valence-electron chi connectivity index (χ3n) is 3.85. The van der Waals surface area contributed by atoms with Gasteiger partial charge in [0, 0.05) is 18.9 Å². The van der Waals surface area contributed by atoms with Crippen LogP contribution in [0.1, 0.15) is 25.3 Å². The van der Waals surface area contributed by atoms with E-state index in [1.807, 2.05) is 0 Å². The minimum Gasteiger partial charge on any atom is -0.406 e. The molecule has 1 aromatic rings. The molecule has 6 heteroatoms. The first-order chi connectivity index (χ1) is 9.76. The SMILES string of the molecule is CC(F)(Cc1ccc(OC(F)(F)F)cc1)C1CCCNC1. The van der Waals surface area contributed by atoms with Gasteiger partial charge >= 0.3 is 6.36 Å². The summed E-state index contributed by atoms with van der Waals surface area (Å²) in [6, 6.07) is 5.40. The Hall–Kier alpha value is -1.30. The zero-order valence-electron chi connectivity index (χ0n) is 11.8. The normalized spacial score (nSPS) is 22.6. The number of hydrogen-bond acceptors (Lipinski definition) is 2. The monoisotopic (exact) mass is 305 g/mol. The molecule has 1 aliphatic rings. The van der Waals surface area contributed by atoms with Crippen molar-refractivity contribution in [3.63, 3.8) is 0 Å². The summed E-state index contributed by atoms with van der Waals surface area (Å²) in [7, 11) is 0. The molecule has 21 heavy (non-hydrogen) atoms. The summed E-state index contributed by atoms with van der Waals surface area (Å²) in [4.78, 5) is 0. The van der Waals surface area contributed by atoms with Gasteiger partial charge < -0.3 is 10.1 Å². The average molecular weight is 305 g/mol. The molecule has 1 fully saturated rings. The van der Waals surface area contributed by atoms with Crippen LogP contribution >= 0.6 is 0 Å². The Morgan fingerprint density at radius 1 is 1.19 bits per heavy atom. The minimum absolute atomic E-state index is 0.0719. The van der Waals surface area contributed by atoms with Crippen molar-refractivity contribution in [1.82, 2.24) is 5.32 Å². The van der Waals surface area contributed by atoms with Gasteiger partial charge in [0.15, 0.2) is 0 Å². The second-order valence-corrected chi connectivity index (χ2v) is 5.69. The smallest absolute Gasteiger partial charge is 0.406 e. The van der Waals surface area contributed by atoms with E-state index >= 15 is 0 Å². The van der Waals surface area contributed by atoms with Crippen LogP contribution < -0.4 is 10.1 Å². The van der Waals surface area contributed by atoms with Crippen LogP contribution in [-0.2, 0) is 6.42 Å². The van der Waals surface area contributed by atoms with Gasteiger partial charge in [-0.05, 0) is 44.0 Å². The van der Waals surface area contributed by atoms with Crippen molar-refractivity contribution in [1.29, 1.82) is 0 Å². The van der Waals surface area contributed by atoms with Crippen molar-refractivity contribution in [3.05, 3.63) is 29.8 Å². The van der Waals surface area contributed by atoms with Gasteiger partial charge in [-0.25, -0.2) is 4.39 Å². The van der Waals surface area contributed by atoms with E-state index in [4.69, 9.17) is 0 Å². The predicted molar refractivity (Wildman–Crippen MR) is 71.9 cm³/mol. The third-order valence-corrected chi connectivity index (χ3v) is 3.85. The van der Waals surface area contributed by atoms with Crippen molar-refractivity contribution in [2.24, 2.45) is 5.92 Å². The van der Waals surface area contributed by atoms with E-state index in [1.54, 1.807) is 6.92 Å². The molecule has 2 atom stereocenters. The van der Waals surface area contributed by atoms with Crippen molar-refractivity contribution >= 4 is 0 Å². The molecule has 1 aromatic carbocycles. The number of rotatable bonds is 4. The zero-order chi connectivity index (χ0) is 15.5. The highest BCUT2D eigenvalue weighted by Gasteiger charge is 2.35. The van der Waals surface area contributed by atoms with Crippen LogP contribution in [-0.4, -0.2) is 25.1 Å².